The SMILES string of the molecule is COc1cccc2c1S(=O)(=O)Nc1noc3cc(Cn4cc(CNC(=O)OC(C)(C)C)cn4)cc(c13)OCCCCCO2. The highest BCUT2D eigenvalue weighted by Crippen LogP contribution is 2.38. The van der Waals surface area contributed by atoms with Gasteiger partial charge in [-0.25, -0.2) is 13.2 Å². The molecule has 43 heavy (non-hydrogen) atoms. The van der Waals surface area contributed by atoms with Gasteiger partial charge in [0, 0.05) is 18.3 Å². The zero-order valence-corrected chi connectivity index (χ0v) is 25.3. The Morgan fingerprint density at radius 2 is 1.86 bits per heavy atom. The first kappa shape index (κ1) is 30.0. The molecule has 0 saturated heterocycles. The van der Waals surface area contributed by atoms with Crippen LogP contribution in [-0.4, -0.2) is 55.4 Å². The summed E-state index contributed by atoms with van der Waals surface area (Å²) >= 11 is 0. The van der Waals surface area contributed by atoms with E-state index in [1.807, 2.05) is 12.3 Å². The first-order chi connectivity index (χ1) is 20.5. The van der Waals surface area contributed by atoms with Crippen molar-refractivity contribution in [1.82, 2.24) is 20.3 Å². The standard InChI is InChI=1S/C29H35N5O8S/c1-29(2,3)41-28(35)30-15-20-16-31-34(18-20)17-19-13-23-25-24(14-19)42-32-27(25)33-43(36,37)26-21(38-4)9-8-10-22(26)39-11-6-5-7-12-40-23/h8-10,13-14,16,18H,5-7,11-12,15,17H2,1-4H3,(H,30,35)(H,32,33). The van der Waals surface area contributed by atoms with Gasteiger partial charge < -0.3 is 28.8 Å². The quantitative estimate of drug-likeness (QED) is 0.319. The van der Waals surface area contributed by atoms with Crippen LogP contribution >= 0.6 is 0 Å². The van der Waals surface area contributed by atoms with Crippen LogP contribution in [0.25, 0.3) is 11.0 Å². The van der Waals surface area contributed by atoms with Crippen LogP contribution in [-0.2, 0) is 27.8 Å². The molecule has 0 fully saturated rings. The number of carbonyl (C=O) groups is 1. The highest BCUT2D eigenvalue weighted by atomic mass is 32.2. The van der Waals surface area contributed by atoms with Crippen molar-refractivity contribution in [3.05, 3.63) is 53.9 Å². The van der Waals surface area contributed by atoms with Crippen LogP contribution in [0.5, 0.6) is 17.2 Å². The largest absolute Gasteiger partial charge is 0.495 e. The molecule has 5 rings (SSSR count). The maximum atomic E-state index is 13.6. The Morgan fingerprint density at radius 1 is 1.09 bits per heavy atom. The van der Waals surface area contributed by atoms with E-state index in [1.54, 1.807) is 55.9 Å². The van der Waals surface area contributed by atoms with Crippen LogP contribution in [0.1, 0.15) is 51.2 Å². The summed E-state index contributed by atoms with van der Waals surface area (Å²) in [6.45, 7) is 6.76. The second-order valence-electron chi connectivity index (χ2n) is 11.1. The lowest BCUT2D eigenvalue weighted by atomic mass is 10.1. The molecule has 230 valence electrons. The molecule has 1 amide bonds. The molecule has 2 N–H and O–H groups in total. The molecule has 0 bridgehead atoms. The lowest BCUT2D eigenvalue weighted by Gasteiger charge is -2.19. The molecular formula is C29H35N5O8S. The van der Waals surface area contributed by atoms with Crippen LogP contribution in [0.15, 0.2) is 52.1 Å². The number of benzene rings is 2. The third-order valence-electron chi connectivity index (χ3n) is 6.43. The molecule has 3 heterocycles. The number of hydrogen-bond acceptors (Lipinski definition) is 10. The molecule has 0 spiro atoms. The number of aromatic nitrogens is 3. The van der Waals surface area contributed by atoms with Crippen molar-refractivity contribution in [3.63, 3.8) is 0 Å². The highest BCUT2D eigenvalue weighted by Gasteiger charge is 2.28. The monoisotopic (exact) mass is 613 g/mol. The van der Waals surface area contributed by atoms with Gasteiger partial charge in [0.25, 0.3) is 10.0 Å². The number of methoxy groups -OCH3 is 1. The van der Waals surface area contributed by atoms with E-state index in [-0.39, 0.29) is 28.8 Å². The van der Waals surface area contributed by atoms with Gasteiger partial charge in [0.2, 0.25) is 0 Å². The molecule has 13 nitrogen and oxygen atoms in total. The lowest BCUT2D eigenvalue weighted by Crippen LogP contribution is -2.32. The van der Waals surface area contributed by atoms with Gasteiger partial charge >= 0.3 is 6.09 Å². The van der Waals surface area contributed by atoms with Gasteiger partial charge in [0.15, 0.2) is 16.3 Å². The average molecular weight is 614 g/mol. The Kier molecular flexibility index (Phi) is 8.67. The second-order valence-corrected chi connectivity index (χ2v) is 12.7. The molecule has 14 heteroatoms. The predicted molar refractivity (Wildman–Crippen MR) is 157 cm³/mol. The summed E-state index contributed by atoms with van der Waals surface area (Å²) in [6, 6.07) is 8.41. The Morgan fingerprint density at radius 3 is 2.60 bits per heavy atom. The number of nitrogens with one attached hydrogen (secondary N) is 2. The van der Waals surface area contributed by atoms with Crippen molar-refractivity contribution in [3.8, 4) is 17.2 Å². The van der Waals surface area contributed by atoms with Crippen molar-refractivity contribution < 1.29 is 36.7 Å². The summed E-state index contributed by atoms with van der Waals surface area (Å²) < 4.78 is 59.7. The van der Waals surface area contributed by atoms with Crippen LogP contribution in [0.4, 0.5) is 10.6 Å². The number of alkyl carbamates (subject to hydrolysis) is 1. The topological polar surface area (TPSA) is 156 Å². The summed E-state index contributed by atoms with van der Waals surface area (Å²) in [5.41, 5.74) is 1.34. The molecule has 0 atom stereocenters. The Hall–Kier alpha value is -4.46. The Bertz CT molecular complexity index is 1710. The van der Waals surface area contributed by atoms with Crippen LogP contribution in [0.2, 0.25) is 0 Å². The van der Waals surface area contributed by atoms with Crippen LogP contribution in [0.3, 0.4) is 0 Å². The molecule has 1 aliphatic rings. The van der Waals surface area contributed by atoms with Gasteiger partial charge in [0.1, 0.15) is 28.2 Å². The van der Waals surface area contributed by atoms with E-state index in [0.717, 1.165) is 24.0 Å². The third kappa shape index (κ3) is 7.31. The Balaban J connectivity index is 1.42. The van der Waals surface area contributed by atoms with Gasteiger partial charge in [-0.05, 0) is 69.9 Å². The van der Waals surface area contributed by atoms with Gasteiger partial charge in [-0.15, -0.1) is 0 Å². The summed E-state index contributed by atoms with van der Waals surface area (Å²) in [7, 11) is -2.80. The van der Waals surface area contributed by atoms with Crippen molar-refractivity contribution in [1.29, 1.82) is 0 Å². The number of rotatable bonds is 5. The number of fused-ring (bicyclic) bond motifs is 1. The van der Waals surface area contributed by atoms with E-state index in [9.17, 15) is 13.2 Å². The fourth-order valence-corrected chi connectivity index (χ4v) is 5.89. The van der Waals surface area contributed by atoms with Gasteiger partial charge in [-0.1, -0.05) is 11.2 Å². The molecule has 1 aliphatic heterocycles. The average Bonchev–Trinajstić information content (AvgIpc) is 3.56. The normalized spacial score (nSPS) is 15.3. The zero-order chi connectivity index (χ0) is 30.6. The summed E-state index contributed by atoms with van der Waals surface area (Å²) in [6.07, 6.45) is 5.26. The minimum absolute atomic E-state index is 0.0138. The first-order valence-electron chi connectivity index (χ1n) is 13.9. The summed E-state index contributed by atoms with van der Waals surface area (Å²) in [4.78, 5) is 11.9. The van der Waals surface area contributed by atoms with Gasteiger partial charge in [-0.3, -0.25) is 9.40 Å². The van der Waals surface area contributed by atoms with E-state index >= 15 is 0 Å². The minimum atomic E-state index is -4.20. The van der Waals surface area contributed by atoms with E-state index in [4.69, 9.17) is 23.5 Å². The smallest absolute Gasteiger partial charge is 0.407 e. The van der Waals surface area contributed by atoms with Gasteiger partial charge in [0.05, 0.1) is 33.1 Å². The van der Waals surface area contributed by atoms with Crippen LogP contribution in [0, 0.1) is 0 Å². The summed E-state index contributed by atoms with van der Waals surface area (Å²) in [5.74, 6) is 0.748. The molecule has 4 aromatic rings. The number of nitrogens with zero attached hydrogens (tertiary/aromatic N) is 3. The molecular weight excluding hydrogens is 578 g/mol. The molecule has 2 aromatic carbocycles. The number of hydrogen-bond donors (Lipinski definition) is 2. The van der Waals surface area contributed by atoms with E-state index in [2.05, 4.69) is 20.3 Å². The Labute approximate surface area is 249 Å². The third-order valence-corrected chi connectivity index (χ3v) is 7.83. The zero-order valence-electron chi connectivity index (χ0n) is 24.5. The fourth-order valence-electron chi connectivity index (χ4n) is 4.58. The van der Waals surface area contributed by atoms with Crippen molar-refractivity contribution in [2.45, 2.75) is 63.6 Å². The van der Waals surface area contributed by atoms with E-state index in [1.165, 1.54) is 7.11 Å². The van der Waals surface area contributed by atoms with Crippen LogP contribution < -0.4 is 24.2 Å². The first-order valence-corrected chi connectivity index (χ1v) is 15.4. The molecule has 2 aromatic heterocycles. The molecule has 0 radical (unpaired) electrons. The second kappa shape index (κ2) is 12.4. The van der Waals surface area contributed by atoms with Gasteiger partial charge in [-0.2, -0.15) is 5.10 Å². The van der Waals surface area contributed by atoms with E-state index in [0.29, 0.717) is 42.9 Å². The molecule has 0 unspecified atom stereocenters. The van der Waals surface area contributed by atoms with E-state index < -0.39 is 21.7 Å². The summed E-state index contributed by atoms with van der Waals surface area (Å²) in [5, 5.41) is 11.5. The number of carbonyl (C=O) groups excluding carboxylic acids is 1. The number of amides is 1. The van der Waals surface area contributed by atoms with Crippen molar-refractivity contribution in [2.75, 3.05) is 25.0 Å². The molecule has 0 saturated carbocycles. The lowest BCUT2D eigenvalue weighted by molar-refractivity contribution is 0.0523. The number of anilines is 1. The van der Waals surface area contributed by atoms with Crippen molar-refractivity contribution >= 4 is 32.9 Å². The number of ether oxygens (including phenoxy) is 4. The minimum Gasteiger partial charge on any atom is -0.495 e. The maximum absolute atomic E-state index is 13.6. The molecule has 0 aliphatic carbocycles. The number of sulfonamides is 1. The maximum Gasteiger partial charge on any atom is 0.407 e. The highest BCUT2D eigenvalue weighted by molar-refractivity contribution is 7.93. The predicted octanol–water partition coefficient (Wildman–Crippen LogP) is 4.85. The van der Waals surface area contributed by atoms with Crippen molar-refractivity contribution in [2.24, 2.45) is 0 Å². The fraction of sp³-hybridized carbons (Fsp3) is 0.414.